The average Bonchev–Trinajstić information content (AvgIpc) is 3.45. The van der Waals surface area contributed by atoms with Gasteiger partial charge < -0.3 is 4.98 Å². The second kappa shape index (κ2) is 6.69. The standard InChI is InChI=1S/C32H19NS/c1-2-6-19(7-3-1)21-10-13-24-22(16-21)12-15-29-32(24)26-17-28-25(18-30(26)34-29)31-23-9-5-4-8-20(23)11-14-27(31)33-28/h1-18,33H. The molecule has 8 rings (SSSR count). The van der Waals surface area contributed by atoms with Crippen molar-refractivity contribution in [3.05, 3.63) is 109 Å². The van der Waals surface area contributed by atoms with Crippen LogP contribution in [0.3, 0.4) is 0 Å². The lowest BCUT2D eigenvalue weighted by Gasteiger charge is -2.06. The Hall–Kier alpha value is -4.14. The van der Waals surface area contributed by atoms with Crippen molar-refractivity contribution >= 4 is 74.9 Å². The van der Waals surface area contributed by atoms with Crippen LogP contribution in [-0.2, 0) is 0 Å². The van der Waals surface area contributed by atoms with Crippen LogP contribution in [0.2, 0.25) is 0 Å². The summed E-state index contributed by atoms with van der Waals surface area (Å²) in [6.45, 7) is 0. The number of benzene rings is 6. The third kappa shape index (κ3) is 2.49. The third-order valence-corrected chi connectivity index (χ3v) is 8.28. The van der Waals surface area contributed by atoms with E-state index in [9.17, 15) is 0 Å². The number of nitrogens with one attached hydrogen (secondary N) is 1. The number of H-pyrrole nitrogens is 1. The zero-order valence-corrected chi connectivity index (χ0v) is 19.1. The highest BCUT2D eigenvalue weighted by atomic mass is 32.1. The van der Waals surface area contributed by atoms with Gasteiger partial charge in [0.05, 0.1) is 0 Å². The SMILES string of the molecule is c1ccc(-c2ccc3c(ccc4sc5cc6c(cc5c43)[nH]c3ccc4ccccc4c36)c2)cc1. The third-order valence-electron chi connectivity index (χ3n) is 7.17. The molecule has 2 heterocycles. The van der Waals surface area contributed by atoms with Crippen LogP contribution in [0.15, 0.2) is 109 Å². The van der Waals surface area contributed by atoms with Crippen molar-refractivity contribution in [2.24, 2.45) is 0 Å². The first kappa shape index (κ1) is 18.3. The van der Waals surface area contributed by atoms with E-state index >= 15 is 0 Å². The summed E-state index contributed by atoms with van der Waals surface area (Å²) >= 11 is 1.90. The lowest BCUT2D eigenvalue weighted by molar-refractivity contribution is 1.56. The molecule has 0 aliphatic heterocycles. The number of hydrogen-bond donors (Lipinski definition) is 1. The second-order valence-corrected chi connectivity index (χ2v) is 10.2. The van der Waals surface area contributed by atoms with Crippen LogP contribution >= 0.6 is 11.3 Å². The molecule has 6 aromatic carbocycles. The van der Waals surface area contributed by atoms with Crippen molar-refractivity contribution in [2.45, 2.75) is 0 Å². The summed E-state index contributed by atoms with van der Waals surface area (Å²) in [4.78, 5) is 3.70. The van der Waals surface area contributed by atoms with Gasteiger partial charge in [-0.15, -0.1) is 11.3 Å². The maximum atomic E-state index is 3.70. The molecule has 0 unspecified atom stereocenters. The van der Waals surface area contributed by atoms with Crippen LogP contribution in [0.4, 0.5) is 0 Å². The molecule has 0 aliphatic rings. The summed E-state index contributed by atoms with van der Waals surface area (Å²) < 4.78 is 2.69. The quantitative estimate of drug-likeness (QED) is 0.257. The molecule has 0 bridgehead atoms. The normalized spacial score (nSPS) is 12.1. The molecule has 0 fully saturated rings. The summed E-state index contributed by atoms with van der Waals surface area (Å²) in [7, 11) is 0. The van der Waals surface area contributed by atoms with E-state index in [2.05, 4.69) is 114 Å². The Bertz CT molecular complexity index is 2060. The molecule has 0 spiro atoms. The first-order valence-electron chi connectivity index (χ1n) is 11.6. The highest BCUT2D eigenvalue weighted by molar-refractivity contribution is 7.26. The molecular formula is C32H19NS. The van der Waals surface area contributed by atoms with Gasteiger partial charge in [-0.1, -0.05) is 78.9 Å². The Labute approximate surface area is 199 Å². The summed E-state index contributed by atoms with van der Waals surface area (Å²) in [5.74, 6) is 0. The van der Waals surface area contributed by atoms with Gasteiger partial charge in [-0.3, -0.25) is 0 Å². The highest BCUT2D eigenvalue weighted by Gasteiger charge is 2.14. The lowest BCUT2D eigenvalue weighted by atomic mass is 9.98. The van der Waals surface area contributed by atoms with Crippen molar-refractivity contribution in [1.29, 1.82) is 0 Å². The number of hydrogen-bond acceptors (Lipinski definition) is 1. The van der Waals surface area contributed by atoms with Crippen LogP contribution < -0.4 is 0 Å². The van der Waals surface area contributed by atoms with Gasteiger partial charge in [0.2, 0.25) is 0 Å². The van der Waals surface area contributed by atoms with Crippen molar-refractivity contribution in [3.8, 4) is 11.1 Å². The van der Waals surface area contributed by atoms with E-state index < -0.39 is 0 Å². The van der Waals surface area contributed by atoms with E-state index in [1.807, 2.05) is 11.3 Å². The van der Waals surface area contributed by atoms with E-state index in [4.69, 9.17) is 0 Å². The predicted molar refractivity (Wildman–Crippen MR) is 149 cm³/mol. The molecule has 2 heteroatoms. The molecule has 34 heavy (non-hydrogen) atoms. The fourth-order valence-electron chi connectivity index (χ4n) is 5.58. The van der Waals surface area contributed by atoms with Gasteiger partial charge in [-0.25, -0.2) is 0 Å². The van der Waals surface area contributed by atoms with E-state index in [-0.39, 0.29) is 0 Å². The summed E-state index contributed by atoms with van der Waals surface area (Å²) in [5.41, 5.74) is 4.92. The summed E-state index contributed by atoms with van der Waals surface area (Å²) in [6.07, 6.45) is 0. The first-order chi connectivity index (χ1) is 16.8. The molecule has 1 N–H and O–H groups in total. The maximum Gasteiger partial charge on any atom is 0.0472 e. The van der Waals surface area contributed by atoms with E-state index in [1.54, 1.807) is 0 Å². The van der Waals surface area contributed by atoms with Crippen molar-refractivity contribution < 1.29 is 0 Å². The second-order valence-electron chi connectivity index (χ2n) is 9.07. The zero-order valence-electron chi connectivity index (χ0n) is 18.3. The largest absolute Gasteiger partial charge is 0.354 e. The molecule has 2 aromatic heterocycles. The van der Waals surface area contributed by atoms with Gasteiger partial charge in [-0.05, 0) is 63.0 Å². The summed E-state index contributed by atoms with van der Waals surface area (Å²) in [6, 6.07) is 39.9. The first-order valence-corrected chi connectivity index (χ1v) is 12.4. The van der Waals surface area contributed by atoms with Crippen LogP contribution in [-0.4, -0.2) is 4.98 Å². The van der Waals surface area contributed by atoms with E-state index in [0.717, 1.165) is 0 Å². The maximum absolute atomic E-state index is 3.70. The average molecular weight is 450 g/mol. The molecule has 158 valence electrons. The molecule has 0 saturated heterocycles. The van der Waals surface area contributed by atoms with Gasteiger partial charge in [0, 0.05) is 42.0 Å². The minimum atomic E-state index is 1.20. The molecular weight excluding hydrogens is 430 g/mol. The van der Waals surface area contributed by atoms with Gasteiger partial charge in [-0.2, -0.15) is 0 Å². The summed E-state index contributed by atoms with van der Waals surface area (Å²) in [5, 5.41) is 10.5. The zero-order chi connectivity index (χ0) is 22.2. The van der Waals surface area contributed by atoms with Crippen molar-refractivity contribution in [3.63, 3.8) is 0 Å². The van der Waals surface area contributed by atoms with E-state index in [1.165, 1.54) is 74.6 Å². The predicted octanol–water partition coefficient (Wildman–Crippen LogP) is 9.66. The number of aromatic nitrogens is 1. The molecule has 0 atom stereocenters. The number of thiophene rings is 1. The fourth-order valence-corrected chi connectivity index (χ4v) is 6.72. The molecule has 0 aliphatic carbocycles. The Morgan fingerprint density at radius 1 is 0.441 bits per heavy atom. The minimum Gasteiger partial charge on any atom is -0.354 e. The van der Waals surface area contributed by atoms with Crippen LogP contribution in [0.1, 0.15) is 0 Å². The van der Waals surface area contributed by atoms with Crippen molar-refractivity contribution in [1.82, 2.24) is 4.98 Å². The highest BCUT2D eigenvalue weighted by Crippen LogP contribution is 2.43. The van der Waals surface area contributed by atoms with E-state index in [0.29, 0.717) is 0 Å². The molecule has 0 amide bonds. The van der Waals surface area contributed by atoms with Crippen LogP contribution in [0.5, 0.6) is 0 Å². The topological polar surface area (TPSA) is 15.8 Å². The van der Waals surface area contributed by atoms with Crippen molar-refractivity contribution in [2.75, 3.05) is 0 Å². The molecule has 1 nitrogen and oxygen atoms in total. The smallest absolute Gasteiger partial charge is 0.0472 e. The number of rotatable bonds is 1. The van der Waals surface area contributed by atoms with Gasteiger partial charge in [0.25, 0.3) is 0 Å². The Morgan fingerprint density at radius 2 is 1.26 bits per heavy atom. The Balaban J connectivity index is 1.44. The molecule has 0 radical (unpaired) electrons. The Morgan fingerprint density at radius 3 is 2.21 bits per heavy atom. The van der Waals surface area contributed by atoms with Crippen LogP contribution in [0, 0.1) is 0 Å². The van der Waals surface area contributed by atoms with Gasteiger partial charge in [0.15, 0.2) is 0 Å². The number of aromatic amines is 1. The monoisotopic (exact) mass is 449 g/mol. The Kier molecular flexibility index (Phi) is 3.60. The number of fused-ring (bicyclic) bond motifs is 10. The molecule has 8 aromatic rings. The molecule has 0 saturated carbocycles. The van der Waals surface area contributed by atoms with Crippen LogP contribution in [0.25, 0.3) is 74.6 Å². The lowest BCUT2D eigenvalue weighted by Crippen LogP contribution is -1.80. The van der Waals surface area contributed by atoms with Gasteiger partial charge >= 0.3 is 0 Å². The minimum absolute atomic E-state index is 1.20. The fraction of sp³-hybridized carbons (Fsp3) is 0. The van der Waals surface area contributed by atoms with Gasteiger partial charge in [0.1, 0.15) is 0 Å².